The predicted octanol–water partition coefficient (Wildman–Crippen LogP) is 2.94. The largest absolute Gasteiger partial charge is 0.364 e. The van der Waals surface area contributed by atoms with Crippen LogP contribution in [-0.2, 0) is 25.9 Å². The second-order valence-corrected chi connectivity index (χ2v) is 8.01. The summed E-state index contributed by atoms with van der Waals surface area (Å²) < 4.78 is 7.01. The van der Waals surface area contributed by atoms with Gasteiger partial charge in [0.2, 0.25) is 0 Å². The van der Waals surface area contributed by atoms with Crippen LogP contribution in [-0.4, -0.2) is 44.9 Å². The van der Waals surface area contributed by atoms with Crippen molar-refractivity contribution in [2.45, 2.75) is 77.4 Å². The number of carbonyl (C=O) groups is 1. The van der Waals surface area contributed by atoms with Crippen LogP contribution in [0.5, 0.6) is 0 Å². The van der Waals surface area contributed by atoms with Gasteiger partial charge >= 0.3 is 0 Å². The molecular weight excluding hydrogens is 354 g/mol. The lowest BCUT2D eigenvalue weighted by molar-refractivity contribution is 0.0753. The van der Waals surface area contributed by atoms with Crippen molar-refractivity contribution in [2.24, 2.45) is 0 Å². The molecule has 0 bridgehead atoms. The summed E-state index contributed by atoms with van der Waals surface area (Å²) in [7, 11) is 0. The number of aryl methyl sites for hydroxylation is 1. The van der Waals surface area contributed by atoms with Gasteiger partial charge in [-0.1, -0.05) is 24.9 Å². The zero-order valence-corrected chi connectivity index (χ0v) is 16.8. The Balaban J connectivity index is 1.53. The topological polar surface area (TPSA) is 76.2 Å². The molecule has 152 valence electrons. The maximum atomic E-state index is 13.3. The Morgan fingerprint density at radius 2 is 2.11 bits per heavy atom. The fraction of sp³-hybridized carbons (Fsp3) is 0.667. The smallest absolute Gasteiger partial charge is 0.274 e. The maximum Gasteiger partial charge on any atom is 0.274 e. The van der Waals surface area contributed by atoms with Crippen molar-refractivity contribution in [1.29, 1.82) is 0 Å². The van der Waals surface area contributed by atoms with Crippen molar-refractivity contribution in [2.75, 3.05) is 13.1 Å². The number of nitrogens with zero attached hydrogens (tertiary/aromatic N) is 4. The minimum atomic E-state index is 0.130. The molecule has 0 spiro atoms. The molecular formula is C21H31N5O2. The lowest BCUT2D eigenvalue weighted by Crippen LogP contribution is -2.36. The van der Waals surface area contributed by atoms with Gasteiger partial charge in [-0.2, -0.15) is 5.10 Å². The van der Waals surface area contributed by atoms with Gasteiger partial charge < -0.3 is 14.7 Å². The number of nitrogens with one attached hydrogen (secondary N) is 1. The summed E-state index contributed by atoms with van der Waals surface area (Å²) in [5.41, 5.74) is 4.03. The third kappa shape index (κ3) is 4.14. The molecule has 7 heteroatoms. The molecule has 7 nitrogen and oxygen atoms in total. The van der Waals surface area contributed by atoms with E-state index in [0.29, 0.717) is 18.3 Å². The van der Waals surface area contributed by atoms with Gasteiger partial charge in [0.25, 0.3) is 5.91 Å². The van der Waals surface area contributed by atoms with Crippen molar-refractivity contribution in [3.05, 3.63) is 35.0 Å². The number of likely N-dealkylation sites (tertiary alicyclic amines) is 1. The monoisotopic (exact) mass is 385 g/mol. The third-order valence-corrected chi connectivity index (χ3v) is 5.94. The van der Waals surface area contributed by atoms with Crippen molar-refractivity contribution in [1.82, 2.24) is 25.2 Å². The highest BCUT2D eigenvalue weighted by Gasteiger charge is 2.31. The molecule has 0 aromatic carbocycles. The molecule has 1 N–H and O–H groups in total. The molecule has 1 amide bonds. The maximum absolute atomic E-state index is 13.3. The molecule has 2 aromatic heterocycles. The Bertz CT molecular complexity index is 775. The number of fused-ring (bicyclic) bond motifs is 1. The van der Waals surface area contributed by atoms with Crippen molar-refractivity contribution in [3.8, 4) is 0 Å². The number of amides is 1. The molecule has 1 aliphatic carbocycles. The van der Waals surface area contributed by atoms with E-state index in [-0.39, 0.29) is 5.91 Å². The summed E-state index contributed by atoms with van der Waals surface area (Å²) in [4.78, 5) is 15.3. The second-order valence-electron chi connectivity index (χ2n) is 8.01. The van der Waals surface area contributed by atoms with E-state index in [1.165, 1.54) is 18.5 Å². The highest BCUT2D eigenvalue weighted by atomic mass is 16.5. The summed E-state index contributed by atoms with van der Waals surface area (Å²) in [6.07, 6.45) is 10.1. The van der Waals surface area contributed by atoms with Crippen LogP contribution in [0.25, 0.3) is 0 Å². The Hall–Kier alpha value is -2.15. The van der Waals surface area contributed by atoms with Gasteiger partial charge in [-0.25, -0.2) is 0 Å². The molecule has 1 saturated heterocycles. The SMILES string of the molecule is CCCn1nc(C(=O)N2CCCCCC2)c2c1CCC(NCc1ccon1)C2. The van der Waals surface area contributed by atoms with Crippen LogP contribution in [0.2, 0.25) is 0 Å². The number of carbonyl (C=O) groups excluding carboxylic acids is 1. The lowest BCUT2D eigenvalue weighted by atomic mass is 9.91. The van der Waals surface area contributed by atoms with Crippen LogP contribution in [0, 0.1) is 0 Å². The van der Waals surface area contributed by atoms with Crippen LogP contribution in [0.15, 0.2) is 16.9 Å². The molecule has 1 atom stereocenters. The minimum absolute atomic E-state index is 0.130. The van der Waals surface area contributed by atoms with E-state index < -0.39 is 0 Å². The van der Waals surface area contributed by atoms with E-state index in [0.717, 1.165) is 69.4 Å². The number of aromatic nitrogens is 3. The van der Waals surface area contributed by atoms with Gasteiger partial charge in [0.05, 0.1) is 5.69 Å². The van der Waals surface area contributed by atoms with Gasteiger partial charge in [0, 0.05) is 49.5 Å². The number of hydrogen-bond donors (Lipinski definition) is 1. The van der Waals surface area contributed by atoms with E-state index in [4.69, 9.17) is 9.62 Å². The minimum Gasteiger partial charge on any atom is -0.364 e. The van der Waals surface area contributed by atoms with Crippen LogP contribution in [0.4, 0.5) is 0 Å². The Labute approximate surface area is 166 Å². The predicted molar refractivity (Wildman–Crippen MR) is 106 cm³/mol. The molecule has 4 rings (SSSR count). The standard InChI is InChI=1S/C21H31N5O2/c1-2-10-26-19-8-7-16(22-15-17-9-13-28-24-17)14-18(19)20(23-26)21(27)25-11-5-3-4-6-12-25/h9,13,16,22H,2-8,10-12,14-15H2,1H3. The fourth-order valence-electron chi connectivity index (χ4n) is 4.43. The van der Waals surface area contributed by atoms with Crippen LogP contribution in [0.1, 0.15) is 72.9 Å². The van der Waals surface area contributed by atoms with Gasteiger partial charge in [-0.05, 0) is 38.5 Å². The summed E-state index contributed by atoms with van der Waals surface area (Å²) >= 11 is 0. The number of rotatable bonds is 6. The van der Waals surface area contributed by atoms with E-state index in [1.54, 1.807) is 6.26 Å². The molecule has 1 unspecified atom stereocenters. The quantitative estimate of drug-likeness (QED) is 0.827. The summed E-state index contributed by atoms with van der Waals surface area (Å²) in [5, 5.41) is 12.4. The fourth-order valence-corrected chi connectivity index (χ4v) is 4.43. The van der Waals surface area contributed by atoms with E-state index in [9.17, 15) is 4.79 Å². The van der Waals surface area contributed by atoms with E-state index in [1.807, 2.05) is 11.0 Å². The first-order chi connectivity index (χ1) is 13.8. The summed E-state index contributed by atoms with van der Waals surface area (Å²) in [6, 6.07) is 2.22. The van der Waals surface area contributed by atoms with Crippen molar-refractivity contribution >= 4 is 5.91 Å². The average molecular weight is 386 g/mol. The molecule has 0 saturated carbocycles. The normalized spacial score (nSPS) is 20.0. The second kappa shape index (κ2) is 8.90. The first-order valence-corrected chi connectivity index (χ1v) is 10.8. The van der Waals surface area contributed by atoms with Gasteiger partial charge in [0.15, 0.2) is 5.69 Å². The molecule has 2 aromatic rings. The Morgan fingerprint density at radius 1 is 1.29 bits per heavy atom. The zero-order valence-electron chi connectivity index (χ0n) is 16.8. The van der Waals surface area contributed by atoms with Crippen molar-refractivity contribution in [3.63, 3.8) is 0 Å². The molecule has 1 aliphatic heterocycles. The highest BCUT2D eigenvalue weighted by molar-refractivity contribution is 5.94. The van der Waals surface area contributed by atoms with Gasteiger partial charge in [-0.3, -0.25) is 9.48 Å². The van der Waals surface area contributed by atoms with Gasteiger partial charge in [-0.15, -0.1) is 0 Å². The highest BCUT2D eigenvalue weighted by Crippen LogP contribution is 2.27. The molecule has 3 heterocycles. The Morgan fingerprint density at radius 3 is 2.82 bits per heavy atom. The lowest BCUT2D eigenvalue weighted by Gasteiger charge is -2.25. The first-order valence-electron chi connectivity index (χ1n) is 10.8. The van der Waals surface area contributed by atoms with Crippen LogP contribution >= 0.6 is 0 Å². The average Bonchev–Trinajstić information content (AvgIpc) is 3.26. The van der Waals surface area contributed by atoms with E-state index in [2.05, 4.69) is 22.1 Å². The number of hydrogen-bond acceptors (Lipinski definition) is 5. The molecule has 1 fully saturated rings. The van der Waals surface area contributed by atoms with Crippen molar-refractivity contribution < 1.29 is 9.32 Å². The summed E-state index contributed by atoms with van der Waals surface area (Å²) in [6.45, 7) is 5.46. The van der Waals surface area contributed by atoms with Crippen LogP contribution < -0.4 is 5.32 Å². The third-order valence-electron chi connectivity index (χ3n) is 5.94. The van der Waals surface area contributed by atoms with Crippen LogP contribution in [0.3, 0.4) is 0 Å². The van der Waals surface area contributed by atoms with E-state index >= 15 is 0 Å². The summed E-state index contributed by atoms with van der Waals surface area (Å²) in [5.74, 6) is 0.130. The zero-order chi connectivity index (χ0) is 19.3. The molecule has 28 heavy (non-hydrogen) atoms. The molecule has 0 radical (unpaired) electrons. The van der Waals surface area contributed by atoms with Gasteiger partial charge in [0.1, 0.15) is 6.26 Å². The molecule has 2 aliphatic rings. The Kier molecular flexibility index (Phi) is 6.10. The first kappa shape index (κ1) is 19.2.